The van der Waals surface area contributed by atoms with Crippen molar-refractivity contribution in [2.75, 3.05) is 7.11 Å². The molecule has 0 saturated heterocycles. The number of benzene rings is 2. The number of ether oxygens (including phenoxy) is 1. The van der Waals surface area contributed by atoms with Crippen molar-refractivity contribution in [1.82, 2.24) is 4.98 Å². The Morgan fingerprint density at radius 2 is 1.84 bits per heavy atom. The number of hydrogen-bond acceptors (Lipinski definition) is 3. The largest absolute Gasteiger partial charge is 0.367 e. The molecule has 1 fully saturated rings. The molecule has 1 saturated carbocycles. The molecule has 0 radical (unpaired) electrons. The van der Waals surface area contributed by atoms with Crippen molar-refractivity contribution in [2.24, 2.45) is 17.6 Å². The van der Waals surface area contributed by atoms with Crippen LogP contribution in [-0.2, 0) is 15.1 Å². The van der Waals surface area contributed by atoms with Crippen LogP contribution in [0.4, 0.5) is 4.39 Å². The second-order valence-electron chi connectivity index (χ2n) is 8.63. The van der Waals surface area contributed by atoms with Gasteiger partial charge in [-0.1, -0.05) is 37.3 Å². The zero-order valence-corrected chi connectivity index (χ0v) is 18.1. The first-order valence-electron chi connectivity index (χ1n) is 10.9. The molecule has 2 atom stereocenters. The van der Waals surface area contributed by atoms with Crippen LogP contribution in [0.15, 0.2) is 60.8 Å². The number of methoxy groups -OCH3 is 1. The summed E-state index contributed by atoms with van der Waals surface area (Å²) in [5, 5.41) is 0.895. The minimum atomic E-state index is -1.15. The minimum Gasteiger partial charge on any atom is -0.367 e. The van der Waals surface area contributed by atoms with Gasteiger partial charge in [-0.25, -0.2) is 4.39 Å². The van der Waals surface area contributed by atoms with E-state index in [1.54, 1.807) is 19.2 Å². The summed E-state index contributed by atoms with van der Waals surface area (Å²) in [6.07, 6.45) is 5.66. The van der Waals surface area contributed by atoms with Gasteiger partial charge in [0.2, 0.25) is 0 Å². The topological polar surface area (TPSA) is 65.2 Å². The summed E-state index contributed by atoms with van der Waals surface area (Å²) in [6.45, 7) is 2.07. The lowest BCUT2D eigenvalue weighted by atomic mass is 9.67. The van der Waals surface area contributed by atoms with Gasteiger partial charge in [0, 0.05) is 24.6 Å². The Kier molecular flexibility index (Phi) is 6.05. The fourth-order valence-corrected chi connectivity index (χ4v) is 5.48. The first kappa shape index (κ1) is 21.4. The molecule has 1 aromatic heterocycles. The maximum atomic E-state index is 13.9. The van der Waals surface area contributed by atoms with E-state index in [1.807, 2.05) is 42.6 Å². The van der Waals surface area contributed by atoms with Crippen LogP contribution in [0.25, 0.3) is 10.9 Å². The highest BCUT2D eigenvalue weighted by Gasteiger charge is 2.47. The molecule has 0 spiro atoms. The summed E-state index contributed by atoms with van der Waals surface area (Å²) in [6, 6.07) is 16.3. The third kappa shape index (κ3) is 3.83. The van der Waals surface area contributed by atoms with E-state index in [0.717, 1.165) is 47.7 Å². The molecule has 1 unspecified atom stereocenters. The molecule has 1 amide bonds. The van der Waals surface area contributed by atoms with E-state index in [-0.39, 0.29) is 11.7 Å². The number of nitrogens with zero attached hydrogens (tertiary/aromatic N) is 1. The third-order valence-electron chi connectivity index (χ3n) is 7.19. The predicted octanol–water partition coefficient (Wildman–Crippen LogP) is 5.31. The van der Waals surface area contributed by atoms with Gasteiger partial charge in [0.15, 0.2) is 5.60 Å². The second-order valence-corrected chi connectivity index (χ2v) is 8.63. The zero-order valence-electron chi connectivity index (χ0n) is 18.1. The molecule has 5 heteroatoms. The number of rotatable bonds is 6. The van der Waals surface area contributed by atoms with Crippen molar-refractivity contribution in [3.8, 4) is 0 Å². The quantitative estimate of drug-likeness (QED) is 0.588. The van der Waals surface area contributed by atoms with Gasteiger partial charge in [0.1, 0.15) is 5.82 Å². The van der Waals surface area contributed by atoms with Gasteiger partial charge in [-0.15, -0.1) is 0 Å². The molecule has 1 aliphatic carbocycles. The van der Waals surface area contributed by atoms with Crippen LogP contribution < -0.4 is 5.73 Å². The van der Waals surface area contributed by atoms with Crippen molar-refractivity contribution >= 4 is 16.8 Å². The standard InChI is InChI=1S/C26H29FN2O2/c1-17(26(31-2,25(28)30)20-6-4-3-5-7-20)18-8-10-19(11-9-18)22-14-15-29-24-13-12-21(27)16-23(22)24/h3-7,12-19H,8-11H2,1-2H3,(H2,28,30)/t17-,18?,19?,26?/m1/s1. The van der Waals surface area contributed by atoms with Crippen molar-refractivity contribution in [3.63, 3.8) is 0 Å². The second kappa shape index (κ2) is 8.75. The van der Waals surface area contributed by atoms with Crippen LogP contribution in [0.3, 0.4) is 0 Å². The molecule has 4 nitrogen and oxygen atoms in total. The molecular weight excluding hydrogens is 391 g/mol. The van der Waals surface area contributed by atoms with Crippen molar-refractivity contribution in [3.05, 3.63) is 77.7 Å². The van der Waals surface area contributed by atoms with Gasteiger partial charge >= 0.3 is 0 Å². The van der Waals surface area contributed by atoms with E-state index in [2.05, 4.69) is 11.9 Å². The van der Waals surface area contributed by atoms with Crippen LogP contribution in [-0.4, -0.2) is 18.0 Å². The molecule has 2 N–H and O–H groups in total. The Hall–Kier alpha value is -2.79. The molecule has 3 aromatic rings. The van der Waals surface area contributed by atoms with Gasteiger partial charge in [0.25, 0.3) is 5.91 Å². The van der Waals surface area contributed by atoms with Crippen LogP contribution in [0.1, 0.15) is 49.7 Å². The van der Waals surface area contributed by atoms with E-state index in [1.165, 1.54) is 6.07 Å². The lowest BCUT2D eigenvalue weighted by molar-refractivity contribution is -0.153. The molecule has 1 heterocycles. The molecular formula is C26H29FN2O2. The average Bonchev–Trinajstić information content (AvgIpc) is 2.80. The summed E-state index contributed by atoms with van der Waals surface area (Å²) < 4.78 is 19.7. The number of primary amides is 1. The number of fused-ring (bicyclic) bond motifs is 1. The molecule has 4 rings (SSSR count). The number of nitrogens with two attached hydrogens (primary N) is 1. The van der Waals surface area contributed by atoms with Crippen LogP contribution in [0, 0.1) is 17.7 Å². The third-order valence-corrected chi connectivity index (χ3v) is 7.19. The fourth-order valence-electron chi connectivity index (χ4n) is 5.48. The van der Waals surface area contributed by atoms with E-state index < -0.39 is 11.5 Å². The lowest BCUT2D eigenvalue weighted by Gasteiger charge is -2.42. The zero-order chi connectivity index (χ0) is 22.0. The maximum Gasteiger partial charge on any atom is 0.254 e. The Morgan fingerprint density at radius 1 is 1.13 bits per heavy atom. The van der Waals surface area contributed by atoms with E-state index in [9.17, 15) is 9.18 Å². The number of amides is 1. The predicted molar refractivity (Wildman–Crippen MR) is 120 cm³/mol. The molecule has 0 bridgehead atoms. The normalized spacial score (nSPS) is 22.0. The maximum absolute atomic E-state index is 13.9. The van der Waals surface area contributed by atoms with Gasteiger partial charge in [0.05, 0.1) is 5.52 Å². The highest BCUT2D eigenvalue weighted by atomic mass is 19.1. The van der Waals surface area contributed by atoms with Crippen molar-refractivity contribution in [2.45, 2.75) is 44.1 Å². The number of carbonyl (C=O) groups is 1. The van der Waals surface area contributed by atoms with Crippen LogP contribution >= 0.6 is 0 Å². The smallest absolute Gasteiger partial charge is 0.254 e. The lowest BCUT2D eigenvalue weighted by Crippen LogP contribution is -2.50. The number of carbonyl (C=O) groups excluding carboxylic acids is 1. The summed E-state index contributed by atoms with van der Waals surface area (Å²) >= 11 is 0. The number of aromatic nitrogens is 1. The Bertz CT molecular complexity index is 1060. The summed E-state index contributed by atoms with van der Waals surface area (Å²) in [5.41, 5.74) is 7.55. The summed E-state index contributed by atoms with van der Waals surface area (Å²) in [4.78, 5) is 17.0. The van der Waals surface area contributed by atoms with Gasteiger partial charge < -0.3 is 10.5 Å². The van der Waals surface area contributed by atoms with E-state index >= 15 is 0 Å². The van der Waals surface area contributed by atoms with Gasteiger partial charge in [-0.3, -0.25) is 9.78 Å². The van der Waals surface area contributed by atoms with Crippen molar-refractivity contribution in [1.29, 1.82) is 0 Å². The molecule has 31 heavy (non-hydrogen) atoms. The SMILES string of the molecule is COC(C(N)=O)(c1ccccc1)[C@H](C)C1CCC(c2ccnc3ccc(F)cc23)CC1. The molecule has 162 valence electrons. The monoisotopic (exact) mass is 420 g/mol. The van der Waals surface area contributed by atoms with Crippen LogP contribution in [0.2, 0.25) is 0 Å². The summed E-state index contributed by atoms with van der Waals surface area (Å²) in [5.74, 6) is -0.110. The molecule has 1 aliphatic rings. The number of pyridine rings is 1. The van der Waals surface area contributed by atoms with E-state index in [4.69, 9.17) is 10.5 Å². The average molecular weight is 421 g/mol. The van der Waals surface area contributed by atoms with Gasteiger partial charge in [-0.2, -0.15) is 0 Å². The summed E-state index contributed by atoms with van der Waals surface area (Å²) in [7, 11) is 1.57. The first-order chi connectivity index (χ1) is 15.0. The number of halogens is 1. The Balaban J connectivity index is 1.57. The highest BCUT2D eigenvalue weighted by Crippen LogP contribution is 2.46. The first-order valence-corrected chi connectivity index (χ1v) is 10.9. The molecule has 2 aromatic carbocycles. The molecule has 0 aliphatic heterocycles. The Morgan fingerprint density at radius 3 is 2.48 bits per heavy atom. The Labute approximate surface area is 182 Å². The van der Waals surface area contributed by atoms with Gasteiger partial charge in [-0.05, 0) is 72.9 Å². The van der Waals surface area contributed by atoms with Crippen LogP contribution in [0.5, 0.6) is 0 Å². The highest BCUT2D eigenvalue weighted by molar-refractivity contribution is 5.85. The minimum absolute atomic E-state index is 0.0648. The number of hydrogen-bond donors (Lipinski definition) is 1. The van der Waals surface area contributed by atoms with E-state index in [0.29, 0.717) is 11.8 Å². The fraction of sp³-hybridized carbons (Fsp3) is 0.385. The van der Waals surface area contributed by atoms with Crippen molar-refractivity contribution < 1.29 is 13.9 Å².